The van der Waals surface area contributed by atoms with Crippen molar-refractivity contribution in [2.75, 3.05) is 53.2 Å². The van der Waals surface area contributed by atoms with E-state index in [2.05, 4.69) is 53.4 Å². The predicted octanol–water partition coefficient (Wildman–Crippen LogP) is 3.76. The van der Waals surface area contributed by atoms with Gasteiger partial charge in [0.25, 0.3) is 0 Å². The average Bonchev–Trinajstić information content (AvgIpc) is 3.28. The number of halogens is 1. The number of fused-ring (bicyclic) bond motifs is 1. The number of hydrogen-bond acceptors (Lipinski definition) is 5. The molecule has 2 aliphatic heterocycles. The topological polar surface area (TPSA) is 67.4 Å². The van der Waals surface area contributed by atoms with Gasteiger partial charge in [0, 0.05) is 38.3 Å². The zero-order valence-corrected chi connectivity index (χ0v) is 22.4. The Balaban J connectivity index is 0.00000363. The third-order valence-corrected chi connectivity index (χ3v) is 6.64. The van der Waals surface area contributed by atoms with Crippen LogP contribution >= 0.6 is 24.0 Å². The molecule has 1 atom stereocenters. The maximum absolute atomic E-state index is 5.69. The van der Waals surface area contributed by atoms with Crippen LogP contribution in [0, 0.1) is 0 Å². The summed E-state index contributed by atoms with van der Waals surface area (Å²) in [7, 11) is 1.84. The van der Waals surface area contributed by atoms with E-state index in [-0.39, 0.29) is 29.4 Å². The number of guanidine groups is 1. The summed E-state index contributed by atoms with van der Waals surface area (Å²) < 4.78 is 16.8. The van der Waals surface area contributed by atoms with E-state index in [1.165, 1.54) is 12.0 Å². The molecule has 2 heterocycles. The van der Waals surface area contributed by atoms with Crippen molar-refractivity contribution in [1.82, 2.24) is 15.5 Å². The highest BCUT2D eigenvalue weighted by atomic mass is 127. The molecule has 32 heavy (non-hydrogen) atoms. The Kier molecular flexibility index (Phi) is 11.3. The van der Waals surface area contributed by atoms with Crippen molar-refractivity contribution in [1.29, 1.82) is 0 Å². The normalized spacial score (nSPS) is 18.2. The number of hydrogen-bond donors (Lipinski definition) is 2. The number of benzene rings is 1. The van der Waals surface area contributed by atoms with Gasteiger partial charge in [-0.15, -0.1) is 24.0 Å². The number of rotatable bonds is 10. The van der Waals surface area contributed by atoms with Crippen molar-refractivity contribution < 1.29 is 14.2 Å². The average molecular weight is 561 g/mol. The van der Waals surface area contributed by atoms with Gasteiger partial charge in [0.1, 0.15) is 0 Å². The van der Waals surface area contributed by atoms with Gasteiger partial charge in [-0.1, -0.05) is 19.9 Å². The minimum Gasteiger partial charge on any atom is -0.454 e. The monoisotopic (exact) mass is 560 g/mol. The molecule has 2 N–H and O–H groups in total. The highest BCUT2D eigenvalue weighted by Crippen LogP contribution is 2.40. The molecule has 2 aliphatic rings. The largest absolute Gasteiger partial charge is 0.454 e. The molecule has 7 nitrogen and oxygen atoms in total. The fourth-order valence-corrected chi connectivity index (χ4v) is 4.47. The molecule has 3 rings (SSSR count). The van der Waals surface area contributed by atoms with Crippen LogP contribution in [0.3, 0.4) is 0 Å². The van der Waals surface area contributed by atoms with Crippen LogP contribution in [0.2, 0.25) is 0 Å². The molecule has 1 fully saturated rings. The predicted molar refractivity (Wildman–Crippen MR) is 141 cm³/mol. The molecule has 0 aliphatic carbocycles. The van der Waals surface area contributed by atoms with Crippen LogP contribution in [0.4, 0.5) is 0 Å². The summed E-state index contributed by atoms with van der Waals surface area (Å²) in [6.45, 7) is 12.7. The fourth-order valence-electron chi connectivity index (χ4n) is 4.47. The lowest BCUT2D eigenvalue weighted by Gasteiger charge is -2.38. The van der Waals surface area contributed by atoms with Gasteiger partial charge in [-0.2, -0.15) is 0 Å². The molecule has 1 aromatic rings. The summed E-state index contributed by atoms with van der Waals surface area (Å²) in [5.41, 5.74) is 1.26. The Morgan fingerprint density at radius 1 is 1.16 bits per heavy atom. The van der Waals surface area contributed by atoms with E-state index in [1.54, 1.807) is 0 Å². The van der Waals surface area contributed by atoms with Gasteiger partial charge in [-0.25, -0.2) is 0 Å². The molecule has 0 amide bonds. The van der Waals surface area contributed by atoms with E-state index >= 15 is 0 Å². The smallest absolute Gasteiger partial charge is 0.231 e. The SMILES string of the molecule is CCN(CC)CCCC(C)NC(=NC)NCC1(c2ccc3c(c2)OCO3)CCOCC1.I. The lowest BCUT2D eigenvalue weighted by molar-refractivity contribution is 0.0513. The van der Waals surface area contributed by atoms with Gasteiger partial charge in [-0.3, -0.25) is 4.99 Å². The van der Waals surface area contributed by atoms with E-state index in [9.17, 15) is 0 Å². The van der Waals surface area contributed by atoms with E-state index in [4.69, 9.17) is 14.2 Å². The molecule has 0 aromatic heterocycles. The number of aliphatic imine (C=N–C) groups is 1. The molecule has 8 heteroatoms. The first kappa shape index (κ1) is 27.0. The maximum Gasteiger partial charge on any atom is 0.231 e. The summed E-state index contributed by atoms with van der Waals surface area (Å²) in [5.74, 6) is 2.53. The van der Waals surface area contributed by atoms with Crippen molar-refractivity contribution in [2.24, 2.45) is 4.99 Å². The second-order valence-corrected chi connectivity index (χ2v) is 8.60. The van der Waals surface area contributed by atoms with Crippen molar-refractivity contribution in [2.45, 2.75) is 57.9 Å². The Hall–Kier alpha value is -1.26. The van der Waals surface area contributed by atoms with E-state index in [1.807, 2.05) is 13.1 Å². The van der Waals surface area contributed by atoms with Crippen LogP contribution in [0.5, 0.6) is 11.5 Å². The van der Waals surface area contributed by atoms with E-state index in [0.717, 1.165) is 76.1 Å². The summed E-state index contributed by atoms with van der Waals surface area (Å²) in [4.78, 5) is 6.95. The summed E-state index contributed by atoms with van der Waals surface area (Å²) >= 11 is 0. The van der Waals surface area contributed by atoms with Gasteiger partial charge in [-0.05, 0) is 69.9 Å². The highest BCUT2D eigenvalue weighted by molar-refractivity contribution is 14.0. The van der Waals surface area contributed by atoms with Crippen molar-refractivity contribution in [3.05, 3.63) is 23.8 Å². The molecular weight excluding hydrogens is 519 g/mol. The van der Waals surface area contributed by atoms with Gasteiger partial charge in [0.05, 0.1) is 0 Å². The Labute approximate surface area is 210 Å². The lowest BCUT2D eigenvalue weighted by Crippen LogP contribution is -2.49. The first-order chi connectivity index (χ1) is 15.1. The fraction of sp³-hybridized carbons (Fsp3) is 0.708. The molecule has 0 radical (unpaired) electrons. The number of nitrogens with zero attached hydrogens (tertiary/aromatic N) is 2. The quantitative estimate of drug-likeness (QED) is 0.258. The maximum atomic E-state index is 5.69. The van der Waals surface area contributed by atoms with Gasteiger partial charge >= 0.3 is 0 Å². The van der Waals surface area contributed by atoms with Gasteiger partial charge in [0.2, 0.25) is 6.79 Å². The molecule has 1 unspecified atom stereocenters. The summed E-state index contributed by atoms with van der Waals surface area (Å²) in [5, 5.41) is 7.17. The standard InChI is InChI=1S/C24H40N4O3.HI/c1-5-28(6-2)13-7-8-19(3)27-23(25-4)26-17-24(11-14-29-15-12-24)20-9-10-21-22(16-20)31-18-30-21;/h9-10,16,19H,5-8,11-15,17-18H2,1-4H3,(H2,25,26,27);1H. The zero-order valence-electron chi connectivity index (χ0n) is 20.1. The van der Waals surface area contributed by atoms with Gasteiger partial charge in [0.15, 0.2) is 17.5 Å². The summed E-state index contributed by atoms with van der Waals surface area (Å²) in [6, 6.07) is 6.71. The first-order valence-electron chi connectivity index (χ1n) is 11.8. The van der Waals surface area contributed by atoms with Crippen LogP contribution in [0.1, 0.15) is 52.0 Å². The second kappa shape index (κ2) is 13.4. The Morgan fingerprint density at radius 2 is 1.88 bits per heavy atom. The lowest BCUT2D eigenvalue weighted by atomic mass is 9.74. The molecule has 0 saturated carbocycles. The molecule has 1 aromatic carbocycles. The Morgan fingerprint density at radius 3 is 2.56 bits per heavy atom. The minimum absolute atomic E-state index is 0. The van der Waals surface area contributed by atoms with Crippen LogP contribution in [-0.4, -0.2) is 70.1 Å². The van der Waals surface area contributed by atoms with Crippen molar-refractivity contribution in [3.63, 3.8) is 0 Å². The van der Waals surface area contributed by atoms with Crippen LogP contribution in [0.25, 0.3) is 0 Å². The zero-order chi connectivity index (χ0) is 22.1. The van der Waals surface area contributed by atoms with Gasteiger partial charge < -0.3 is 29.7 Å². The molecule has 1 saturated heterocycles. The van der Waals surface area contributed by atoms with Crippen molar-refractivity contribution in [3.8, 4) is 11.5 Å². The molecule has 182 valence electrons. The number of nitrogens with one attached hydrogen (secondary N) is 2. The number of ether oxygens (including phenoxy) is 3. The summed E-state index contributed by atoms with van der Waals surface area (Å²) in [6.07, 6.45) is 4.25. The van der Waals surface area contributed by atoms with Crippen molar-refractivity contribution >= 4 is 29.9 Å². The van der Waals surface area contributed by atoms with Crippen LogP contribution in [-0.2, 0) is 10.2 Å². The molecule has 0 bridgehead atoms. The van der Waals surface area contributed by atoms with Crippen LogP contribution < -0.4 is 20.1 Å². The third kappa shape index (κ3) is 7.12. The highest BCUT2D eigenvalue weighted by Gasteiger charge is 2.36. The minimum atomic E-state index is -0.0111. The molecule has 0 spiro atoms. The van der Waals surface area contributed by atoms with E-state index < -0.39 is 0 Å². The van der Waals surface area contributed by atoms with E-state index in [0.29, 0.717) is 12.8 Å². The first-order valence-corrected chi connectivity index (χ1v) is 11.8. The second-order valence-electron chi connectivity index (χ2n) is 8.60. The Bertz CT molecular complexity index is 721. The molecular formula is C24H41IN4O3. The van der Waals surface area contributed by atoms with Crippen LogP contribution in [0.15, 0.2) is 23.2 Å². The third-order valence-electron chi connectivity index (χ3n) is 6.64.